The Labute approximate surface area is 189 Å². The molecule has 2 aliphatic heterocycles. The van der Waals surface area contributed by atoms with Crippen LogP contribution in [0.2, 0.25) is 0 Å². The topological polar surface area (TPSA) is 78.9 Å². The molecule has 2 aromatic carbocycles. The lowest BCUT2D eigenvalue weighted by Gasteiger charge is -2.25. The Hall–Kier alpha value is -2.86. The first-order valence-corrected chi connectivity index (χ1v) is 11.6. The van der Waals surface area contributed by atoms with Crippen molar-refractivity contribution in [1.29, 1.82) is 0 Å². The average molecular weight is 437 g/mol. The minimum absolute atomic E-state index is 0.0536. The minimum Gasteiger partial charge on any atom is -0.491 e. The molecule has 32 heavy (non-hydrogen) atoms. The Balaban J connectivity index is 1.39. The van der Waals surface area contributed by atoms with Crippen molar-refractivity contribution in [2.75, 3.05) is 26.2 Å². The zero-order chi connectivity index (χ0) is 22.3. The highest BCUT2D eigenvalue weighted by Gasteiger charge is 2.40. The number of ether oxygens (including phenoxy) is 1. The first-order valence-electron chi connectivity index (χ1n) is 11.6. The van der Waals surface area contributed by atoms with Crippen LogP contribution in [0.4, 0.5) is 0 Å². The van der Waals surface area contributed by atoms with E-state index < -0.39 is 11.9 Å². The highest BCUT2D eigenvalue weighted by molar-refractivity contribution is 5.85. The Morgan fingerprint density at radius 1 is 1.09 bits per heavy atom. The molecule has 0 aliphatic carbocycles. The lowest BCUT2D eigenvalue weighted by atomic mass is 10.0. The third kappa shape index (κ3) is 5.68. The third-order valence-electron chi connectivity index (χ3n) is 6.52. The molecular formula is C26H32N2O4. The molecule has 0 spiro atoms. The predicted molar refractivity (Wildman–Crippen MR) is 123 cm³/mol. The van der Waals surface area contributed by atoms with Gasteiger partial charge in [-0.3, -0.25) is 9.59 Å². The van der Waals surface area contributed by atoms with Crippen LogP contribution in [0.5, 0.6) is 5.75 Å². The Bertz CT molecular complexity index is 931. The van der Waals surface area contributed by atoms with Crippen molar-refractivity contribution in [2.24, 2.45) is 5.92 Å². The van der Waals surface area contributed by atoms with Crippen LogP contribution in [0.3, 0.4) is 0 Å². The van der Waals surface area contributed by atoms with Crippen molar-refractivity contribution in [1.82, 2.24) is 10.2 Å². The van der Waals surface area contributed by atoms with E-state index in [0.29, 0.717) is 19.6 Å². The smallest absolute Gasteiger partial charge is 0.304 e. The van der Waals surface area contributed by atoms with Crippen molar-refractivity contribution in [3.8, 4) is 5.75 Å². The number of carbonyl (C=O) groups excluding carboxylic acids is 1. The van der Waals surface area contributed by atoms with Gasteiger partial charge in [-0.05, 0) is 74.0 Å². The van der Waals surface area contributed by atoms with Crippen LogP contribution in [0.25, 0.3) is 0 Å². The van der Waals surface area contributed by atoms with E-state index in [9.17, 15) is 14.7 Å². The number of benzene rings is 2. The normalized spacial score (nSPS) is 20.6. The molecule has 2 aromatic rings. The van der Waals surface area contributed by atoms with Crippen molar-refractivity contribution >= 4 is 11.9 Å². The molecule has 2 atom stereocenters. The maximum atomic E-state index is 12.9. The number of aliphatic carboxylic acids is 1. The SMILES string of the molecule is O=C(O)C[C@@H]1C[C@@H](COc2ccc3c(c2)CCNCC3)N(CCCc2ccccc2)C1=O. The monoisotopic (exact) mass is 436 g/mol. The molecule has 2 heterocycles. The highest BCUT2D eigenvalue weighted by atomic mass is 16.5. The van der Waals surface area contributed by atoms with E-state index in [2.05, 4.69) is 29.6 Å². The van der Waals surface area contributed by atoms with Crippen LogP contribution >= 0.6 is 0 Å². The lowest BCUT2D eigenvalue weighted by Crippen LogP contribution is -2.38. The summed E-state index contributed by atoms with van der Waals surface area (Å²) in [5.41, 5.74) is 3.93. The van der Waals surface area contributed by atoms with Gasteiger partial charge >= 0.3 is 5.97 Å². The molecule has 2 aliphatic rings. The van der Waals surface area contributed by atoms with Crippen LogP contribution in [0, 0.1) is 5.92 Å². The van der Waals surface area contributed by atoms with E-state index in [1.54, 1.807) is 0 Å². The number of nitrogens with zero attached hydrogens (tertiary/aromatic N) is 1. The van der Waals surface area contributed by atoms with E-state index >= 15 is 0 Å². The maximum absolute atomic E-state index is 12.9. The molecule has 0 radical (unpaired) electrons. The van der Waals surface area contributed by atoms with Gasteiger partial charge in [0.2, 0.25) is 5.91 Å². The maximum Gasteiger partial charge on any atom is 0.304 e. The quantitative estimate of drug-likeness (QED) is 0.632. The number of rotatable bonds is 9. The highest BCUT2D eigenvalue weighted by Crippen LogP contribution is 2.29. The molecule has 6 heteroatoms. The molecule has 2 N–H and O–H groups in total. The molecule has 6 nitrogen and oxygen atoms in total. The second-order valence-corrected chi connectivity index (χ2v) is 8.80. The summed E-state index contributed by atoms with van der Waals surface area (Å²) in [6.07, 6.45) is 4.17. The zero-order valence-electron chi connectivity index (χ0n) is 18.5. The average Bonchev–Trinajstić information content (AvgIpc) is 2.94. The number of hydrogen-bond acceptors (Lipinski definition) is 4. The second-order valence-electron chi connectivity index (χ2n) is 8.80. The minimum atomic E-state index is -0.923. The van der Waals surface area contributed by atoms with Crippen LogP contribution < -0.4 is 10.1 Å². The number of fused-ring (bicyclic) bond motifs is 1. The van der Waals surface area contributed by atoms with Gasteiger partial charge in [0.15, 0.2) is 0 Å². The van der Waals surface area contributed by atoms with Gasteiger partial charge in [-0.1, -0.05) is 36.4 Å². The van der Waals surface area contributed by atoms with E-state index in [1.165, 1.54) is 16.7 Å². The molecule has 170 valence electrons. The molecular weight excluding hydrogens is 404 g/mol. The van der Waals surface area contributed by atoms with E-state index in [1.807, 2.05) is 29.2 Å². The largest absolute Gasteiger partial charge is 0.491 e. The summed E-state index contributed by atoms with van der Waals surface area (Å²) >= 11 is 0. The Kier molecular flexibility index (Phi) is 7.43. The summed E-state index contributed by atoms with van der Waals surface area (Å²) < 4.78 is 6.13. The first-order chi connectivity index (χ1) is 15.6. The van der Waals surface area contributed by atoms with E-state index in [0.717, 1.165) is 44.5 Å². The van der Waals surface area contributed by atoms with Crippen LogP contribution in [-0.2, 0) is 28.9 Å². The fourth-order valence-corrected chi connectivity index (χ4v) is 4.83. The van der Waals surface area contributed by atoms with Gasteiger partial charge in [-0.15, -0.1) is 0 Å². The third-order valence-corrected chi connectivity index (χ3v) is 6.52. The summed E-state index contributed by atoms with van der Waals surface area (Å²) in [5, 5.41) is 12.6. The summed E-state index contributed by atoms with van der Waals surface area (Å²) in [4.78, 5) is 26.0. The van der Waals surface area contributed by atoms with Gasteiger partial charge < -0.3 is 20.1 Å². The van der Waals surface area contributed by atoms with Gasteiger partial charge in [-0.2, -0.15) is 0 Å². The zero-order valence-corrected chi connectivity index (χ0v) is 18.5. The number of nitrogens with one attached hydrogen (secondary N) is 1. The van der Waals surface area contributed by atoms with E-state index in [-0.39, 0.29) is 18.4 Å². The molecule has 1 amide bonds. The number of likely N-dealkylation sites (tertiary alicyclic amines) is 1. The molecule has 1 fully saturated rings. The van der Waals surface area contributed by atoms with Crippen molar-refractivity contribution in [2.45, 2.75) is 44.6 Å². The second kappa shape index (κ2) is 10.6. The summed E-state index contributed by atoms with van der Waals surface area (Å²) in [6.45, 7) is 2.98. The Morgan fingerprint density at radius 3 is 2.66 bits per heavy atom. The number of carboxylic acids is 1. The molecule has 4 rings (SSSR count). The molecule has 0 aromatic heterocycles. The predicted octanol–water partition coefficient (Wildman–Crippen LogP) is 3.08. The number of carbonyl (C=O) groups is 2. The molecule has 0 bridgehead atoms. The van der Waals surface area contributed by atoms with Gasteiger partial charge in [0.1, 0.15) is 12.4 Å². The van der Waals surface area contributed by atoms with Gasteiger partial charge in [0, 0.05) is 6.54 Å². The summed E-state index contributed by atoms with van der Waals surface area (Å²) in [6, 6.07) is 16.4. The molecule has 0 saturated carbocycles. The standard InChI is InChI=1S/C26H32N2O4/c29-25(30)17-22-15-23(28(26(22)31)14-4-7-19-5-2-1-3-6-19)18-32-24-9-8-20-10-12-27-13-11-21(20)16-24/h1-3,5-6,8-9,16,22-23,27H,4,7,10-15,17-18H2,(H,29,30)/t22-,23-/m0/s1. The van der Waals surface area contributed by atoms with Crippen LogP contribution in [0.15, 0.2) is 48.5 Å². The first kappa shape index (κ1) is 22.3. The number of amides is 1. The van der Waals surface area contributed by atoms with Crippen molar-refractivity contribution in [3.63, 3.8) is 0 Å². The van der Waals surface area contributed by atoms with Crippen LogP contribution in [-0.4, -0.2) is 54.2 Å². The summed E-state index contributed by atoms with van der Waals surface area (Å²) in [5.74, 6) is -0.615. The van der Waals surface area contributed by atoms with Gasteiger partial charge in [0.25, 0.3) is 0 Å². The number of carboxylic acid groups (broad SMARTS) is 1. The Morgan fingerprint density at radius 2 is 1.88 bits per heavy atom. The molecule has 1 saturated heterocycles. The van der Waals surface area contributed by atoms with Crippen molar-refractivity contribution in [3.05, 3.63) is 65.2 Å². The van der Waals surface area contributed by atoms with Crippen LogP contribution in [0.1, 0.15) is 36.0 Å². The summed E-state index contributed by atoms with van der Waals surface area (Å²) in [7, 11) is 0. The molecule has 0 unspecified atom stereocenters. The lowest BCUT2D eigenvalue weighted by molar-refractivity contribution is -0.142. The van der Waals surface area contributed by atoms with Gasteiger partial charge in [0.05, 0.1) is 18.4 Å². The fourth-order valence-electron chi connectivity index (χ4n) is 4.83. The van der Waals surface area contributed by atoms with Crippen molar-refractivity contribution < 1.29 is 19.4 Å². The van der Waals surface area contributed by atoms with Gasteiger partial charge in [-0.25, -0.2) is 0 Å². The number of hydrogen-bond donors (Lipinski definition) is 2. The number of aryl methyl sites for hydroxylation is 1. The van der Waals surface area contributed by atoms with E-state index in [4.69, 9.17) is 4.74 Å². The fraction of sp³-hybridized carbons (Fsp3) is 0.462.